The minimum atomic E-state index is -4.85. The van der Waals surface area contributed by atoms with Crippen molar-refractivity contribution in [2.45, 2.75) is 31.4 Å². The SMILES string of the molecule is CC(F)(CC1COCCN1)c1ccccc1OC(F)(F)F. The lowest BCUT2D eigenvalue weighted by atomic mass is 9.90. The van der Waals surface area contributed by atoms with Gasteiger partial charge in [0.15, 0.2) is 0 Å². The van der Waals surface area contributed by atoms with Crippen LogP contribution in [-0.2, 0) is 10.4 Å². The van der Waals surface area contributed by atoms with Crippen LogP contribution in [0.1, 0.15) is 18.9 Å². The molecule has 0 aliphatic carbocycles. The summed E-state index contributed by atoms with van der Waals surface area (Å²) in [6.45, 7) is 2.73. The molecule has 1 fully saturated rings. The molecule has 1 aliphatic rings. The van der Waals surface area contributed by atoms with E-state index in [0.29, 0.717) is 19.8 Å². The molecule has 1 saturated heterocycles. The quantitative estimate of drug-likeness (QED) is 0.867. The van der Waals surface area contributed by atoms with Gasteiger partial charge in [-0.3, -0.25) is 0 Å². The fourth-order valence-corrected chi connectivity index (χ4v) is 2.43. The van der Waals surface area contributed by atoms with Crippen LogP contribution in [0.3, 0.4) is 0 Å². The minimum absolute atomic E-state index is 0.00519. The predicted molar refractivity (Wildman–Crippen MR) is 68.8 cm³/mol. The van der Waals surface area contributed by atoms with Gasteiger partial charge in [-0.05, 0) is 13.0 Å². The normalized spacial score (nSPS) is 22.6. The highest BCUT2D eigenvalue weighted by Gasteiger charge is 2.37. The first-order valence-corrected chi connectivity index (χ1v) is 6.63. The molecule has 0 aromatic heterocycles. The zero-order valence-electron chi connectivity index (χ0n) is 11.5. The van der Waals surface area contributed by atoms with Crippen LogP contribution >= 0.6 is 0 Å². The van der Waals surface area contributed by atoms with E-state index < -0.39 is 17.8 Å². The molecule has 1 aliphatic heterocycles. The molecule has 7 heteroatoms. The van der Waals surface area contributed by atoms with Crippen molar-refractivity contribution in [3.05, 3.63) is 29.8 Å². The molecule has 0 spiro atoms. The van der Waals surface area contributed by atoms with E-state index in [1.165, 1.54) is 25.1 Å². The van der Waals surface area contributed by atoms with Gasteiger partial charge >= 0.3 is 6.36 Å². The molecule has 1 aromatic carbocycles. The van der Waals surface area contributed by atoms with Crippen LogP contribution in [-0.4, -0.2) is 32.2 Å². The number of benzene rings is 1. The third-order valence-electron chi connectivity index (χ3n) is 3.30. The average Bonchev–Trinajstić information content (AvgIpc) is 2.38. The van der Waals surface area contributed by atoms with Crippen molar-refractivity contribution in [1.82, 2.24) is 5.32 Å². The van der Waals surface area contributed by atoms with E-state index in [1.807, 2.05) is 0 Å². The lowest BCUT2D eigenvalue weighted by molar-refractivity contribution is -0.275. The maximum absolute atomic E-state index is 14.9. The molecule has 0 amide bonds. The number of hydrogen-bond acceptors (Lipinski definition) is 3. The molecule has 2 rings (SSSR count). The van der Waals surface area contributed by atoms with Crippen LogP contribution in [0.5, 0.6) is 5.75 Å². The molecule has 0 saturated carbocycles. The van der Waals surface area contributed by atoms with Crippen molar-refractivity contribution in [2.75, 3.05) is 19.8 Å². The van der Waals surface area contributed by atoms with Crippen molar-refractivity contribution >= 4 is 0 Å². The van der Waals surface area contributed by atoms with E-state index in [0.717, 1.165) is 6.07 Å². The molecular formula is C14H17F4NO2. The Morgan fingerprint density at radius 3 is 2.62 bits per heavy atom. The Hall–Kier alpha value is -1.34. The number of ether oxygens (including phenoxy) is 2. The second-order valence-corrected chi connectivity index (χ2v) is 5.17. The Labute approximate surface area is 120 Å². The van der Waals surface area contributed by atoms with Gasteiger partial charge in [0.1, 0.15) is 11.4 Å². The van der Waals surface area contributed by atoms with Crippen molar-refractivity contribution in [3.63, 3.8) is 0 Å². The van der Waals surface area contributed by atoms with Crippen LogP contribution in [0.2, 0.25) is 0 Å². The summed E-state index contributed by atoms with van der Waals surface area (Å²) in [5.74, 6) is -0.508. The van der Waals surface area contributed by atoms with Crippen LogP contribution in [0.15, 0.2) is 24.3 Å². The number of morpholine rings is 1. The summed E-state index contributed by atoms with van der Waals surface area (Å²) in [5, 5.41) is 3.08. The number of rotatable bonds is 4. The molecule has 1 heterocycles. The van der Waals surface area contributed by atoms with Crippen molar-refractivity contribution < 1.29 is 27.0 Å². The summed E-state index contributed by atoms with van der Waals surface area (Å²) in [5.41, 5.74) is -2.07. The first-order valence-electron chi connectivity index (χ1n) is 6.63. The monoisotopic (exact) mass is 307 g/mol. The average molecular weight is 307 g/mol. The van der Waals surface area contributed by atoms with E-state index in [2.05, 4.69) is 10.1 Å². The smallest absolute Gasteiger partial charge is 0.405 e. The Bertz CT molecular complexity index is 470. The van der Waals surface area contributed by atoms with Gasteiger partial charge in [0.2, 0.25) is 0 Å². The van der Waals surface area contributed by atoms with Crippen LogP contribution in [0, 0.1) is 0 Å². The van der Waals surface area contributed by atoms with Gasteiger partial charge in [0.25, 0.3) is 0 Å². The second kappa shape index (κ2) is 6.19. The van der Waals surface area contributed by atoms with Crippen LogP contribution in [0.25, 0.3) is 0 Å². The molecule has 0 bridgehead atoms. The topological polar surface area (TPSA) is 30.5 Å². The summed E-state index contributed by atoms with van der Waals surface area (Å²) in [6.07, 6.45) is -4.84. The van der Waals surface area contributed by atoms with Crippen LogP contribution in [0.4, 0.5) is 17.6 Å². The second-order valence-electron chi connectivity index (χ2n) is 5.17. The molecule has 3 nitrogen and oxygen atoms in total. The van der Waals surface area contributed by atoms with E-state index >= 15 is 0 Å². The molecule has 118 valence electrons. The fourth-order valence-electron chi connectivity index (χ4n) is 2.43. The summed E-state index contributed by atoms with van der Waals surface area (Å²) in [6, 6.07) is 5.05. The molecule has 21 heavy (non-hydrogen) atoms. The van der Waals surface area contributed by atoms with Gasteiger partial charge < -0.3 is 14.8 Å². The molecular weight excluding hydrogens is 290 g/mol. The van der Waals surface area contributed by atoms with Crippen molar-refractivity contribution in [1.29, 1.82) is 0 Å². The standard InChI is InChI=1S/C14H17F4NO2/c1-13(15,8-10-9-20-7-6-19-10)11-4-2-3-5-12(11)21-14(16,17)18/h2-5,10,19H,6-9H2,1H3. The highest BCUT2D eigenvalue weighted by molar-refractivity contribution is 5.38. The predicted octanol–water partition coefficient (Wildman–Crippen LogP) is 3.15. The van der Waals surface area contributed by atoms with Crippen molar-refractivity contribution in [2.24, 2.45) is 0 Å². The zero-order chi connectivity index (χ0) is 15.5. The highest BCUT2D eigenvalue weighted by atomic mass is 19.4. The number of para-hydroxylation sites is 1. The van der Waals surface area contributed by atoms with E-state index in [1.54, 1.807) is 0 Å². The lowest BCUT2D eigenvalue weighted by Gasteiger charge is -2.31. The summed E-state index contributed by atoms with van der Waals surface area (Å²) in [7, 11) is 0. The van der Waals surface area contributed by atoms with Gasteiger partial charge in [-0.25, -0.2) is 4.39 Å². The zero-order valence-corrected chi connectivity index (χ0v) is 11.5. The van der Waals surface area contributed by atoms with Crippen LogP contribution < -0.4 is 10.1 Å². The highest BCUT2D eigenvalue weighted by Crippen LogP contribution is 2.38. The summed E-state index contributed by atoms with van der Waals surface area (Å²) < 4.78 is 61.2. The third kappa shape index (κ3) is 4.57. The molecule has 0 radical (unpaired) electrons. The van der Waals surface area contributed by atoms with E-state index in [4.69, 9.17) is 4.74 Å². The number of nitrogens with one attached hydrogen (secondary N) is 1. The molecule has 1 N–H and O–H groups in total. The van der Waals surface area contributed by atoms with Crippen molar-refractivity contribution in [3.8, 4) is 5.75 Å². The number of hydrogen-bond donors (Lipinski definition) is 1. The van der Waals surface area contributed by atoms with E-state index in [-0.39, 0.29) is 18.0 Å². The van der Waals surface area contributed by atoms with Gasteiger partial charge in [-0.2, -0.15) is 0 Å². The Morgan fingerprint density at radius 1 is 1.29 bits per heavy atom. The maximum atomic E-state index is 14.9. The summed E-state index contributed by atoms with van der Waals surface area (Å²) >= 11 is 0. The maximum Gasteiger partial charge on any atom is 0.573 e. The third-order valence-corrected chi connectivity index (χ3v) is 3.30. The lowest BCUT2D eigenvalue weighted by Crippen LogP contribution is -2.44. The first kappa shape index (κ1) is 16.0. The van der Waals surface area contributed by atoms with Gasteiger partial charge in [0, 0.05) is 24.6 Å². The minimum Gasteiger partial charge on any atom is -0.405 e. The molecule has 2 unspecified atom stereocenters. The largest absolute Gasteiger partial charge is 0.573 e. The van der Waals surface area contributed by atoms with Gasteiger partial charge in [-0.15, -0.1) is 13.2 Å². The Kier molecular flexibility index (Phi) is 4.73. The molecule has 1 aromatic rings. The fraction of sp³-hybridized carbons (Fsp3) is 0.571. The summed E-state index contributed by atoms with van der Waals surface area (Å²) in [4.78, 5) is 0. The number of alkyl halides is 4. The Morgan fingerprint density at radius 2 is 2.00 bits per heavy atom. The molecule has 2 atom stereocenters. The van der Waals surface area contributed by atoms with E-state index in [9.17, 15) is 17.6 Å². The van der Waals surface area contributed by atoms with Gasteiger partial charge in [-0.1, -0.05) is 18.2 Å². The number of halogens is 4. The Balaban J connectivity index is 2.18. The first-order chi connectivity index (χ1) is 9.78. The van der Waals surface area contributed by atoms with Gasteiger partial charge in [0.05, 0.1) is 13.2 Å².